The van der Waals surface area contributed by atoms with E-state index < -0.39 is 40.7 Å². The van der Waals surface area contributed by atoms with E-state index in [-0.39, 0.29) is 26.2 Å². The Kier molecular flexibility index (Phi) is 15.5. The van der Waals surface area contributed by atoms with E-state index in [0.29, 0.717) is 52.4 Å². The maximum absolute atomic E-state index is 13.5. The van der Waals surface area contributed by atoms with Crippen molar-refractivity contribution in [1.82, 2.24) is 19.6 Å². The third kappa shape index (κ3) is 14.2. The molecule has 1 N–H and O–H groups in total. The van der Waals surface area contributed by atoms with Gasteiger partial charge in [-0.1, -0.05) is 91.0 Å². The van der Waals surface area contributed by atoms with Crippen molar-refractivity contribution in [3.05, 3.63) is 108 Å². The van der Waals surface area contributed by atoms with Gasteiger partial charge in [-0.05, 0) is 58.2 Å². The Morgan fingerprint density at radius 2 is 0.655 bits per heavy atom. The highest BCUT2D eigenvalue weighted by Gasteiger charge is 2.30. The number of esters is 3. The van der Waals surface area contributed by atoms with Crippen molar-refractivity contribution < 1.29 is 38.5 Å². The van der Waals surface area contributed by atoms with Gasteiger partial charge in [0.25, 0.3) is 0 Å². The molecule has 0 saturated carbocycles. The number of carbonyl (C=O) groups is 4. The Morgan fingerprint density at radius 1 is 0.436 bits per heavy atom. The summed E-state index contributed by atoms with van der Waals surface area (Å²) < 4.78 is 17.9. The van der Waals surface area contributed by atoms with Crippen LogP contribution in [0, 0.1) is 0 Å². The molecule has 4 rings (SSSR count). The van der Waals surface area contributed by atoms with Crippen molar-refractivity contribution in [1.29, 1.82) is 0 Å². The zero-order valence-electron chi connectivity index (χ0n) is 33.2. The Bertz CT molecular complexity index is 1600. The minimum atomic E-state index is -0.971. The molecule has 1 aliphatic rings. The van der Waals surface area contributed by atoms with Gasteiger partial charge >= 0.3 is 23.9 Å². The first-order valence-electron chi connectivity index (χ1n) is 19.0. The topological polar surface area (TPSA) is 129 Å². The van der Waals surface area contributed by atoms with E-state index in [0.717, 1.165) is 16.7 Å². The first-order valence-corrected chi connectivity index (χ1v) is 19.0. The van der Waals surface area contributed by atoms with Crippen molar-refractivity contribution in [3.63, 3.8) is 0 Å². The first kappa shape index (κ1) is 43.1. The number of ether oxygens (including phenoxy) is 3. The maximum Gasteiger partial charge on any atom is 0.321 e. The van der Waals surface area contributed by atoms with Crippen LogP contribution in [0.15, 0.2) is 91.0 Å². The van der Waals surface area contributed by atoms with Gasteiger partial charge in [0.1, 0.15) is 16.8 Å². The Hall–Kier alpha value is -4.62. The number of carbonyl (C=O) groups excluding carboxylic acids is 3. The molecule has 0 aliphatic carbocycles. The highest BCUT2D eigenvalue weighted by molar-refractivity contribution is 5.73. The minimum absolute atomic E-state index is 0.0138. The molecule has 12 heteroatoms. The largest absolute Gasteiger partial charge is 0.480 e. The molecule has 12 nitrogen and oxygen atoms in total. The van der Waals surface area contributed by atoms with Gasteiger partial charge in [-0.3, -0.25) is 38.8 Å². The van der Waals surface area contributed by atoms with Gasteiger partial charge in [0.15, 0.2) is 0 Å². The fraction of sp³-hybridized carbons (Fsp3) is 0.488. The second-order valence-electron chi connectivity index (χ2n) is 15.5. The van der Waals surface area contributed by atoms with Crippen LogP contribution >= 0.6 is 0 Å². The Labute approximate surface area is 325 Å². The van der Waals surface area contributed by atoms with Crippen LogP contribution in [0.25, 0.3) is 0 Å². The van der Waals surface area contributed by atoms with E-state index in [2.05, 4.69) is 0 Å². The number of nitrogens with zero attached hydrogens (tertiary/aromatic N) is 4. The summed E-state index contributed by atoms with van der Waals surface area (Å²) >= 11 is 0. The second kappa shape index (κ2) is 19.8. The SMILES string of the molecule is CC(C)(OC(=O)CN1CCN(CC(=O)O)CCN(CC(=O)OC(C)(C)c2ccccc2)CCN(CC(=O)OC(C)(C)c2ccccc2)CC1)c1ccccc1. The van der Waals surface area contributed by atoms with Crippen LogP contribution in [-0.4, -0.2) is 127 Å². The summed E-state index contributed by atoms with van der Waals surface area (Å²) in [5, 5.41) is 9.75. The van der Waals surface area contributed by atoms with Crippen molar-refractivity contribution in [2.75, 3.05) is 78.5 Å². The summed E-state index contributed by atoms with van der Waals surface area (Å²) in [6.45, 7) is 13.9. The molecule has 1 fully saturated rings. The van der Waals surface area contributed by atoms with Crippen LogP contribution in [0.3, 0.4) is 0 Å². The normalized spacial score (nSPS) is 16.3. The highest BCUT2D eigenvalue weighted by Crippen LogP contribution is 2.27. The summed E-state index contributed by atoms with van der Waals surface area (Å²) in [6.07, 6.45) is 0. The molecule has 55 heavy (non-hydrogen) atoms. The summed E-state index contributed by atoms with van der Waals surface area (Å²) in [5.74, 6) is -2.20. The van der Waals surface area contributed by atoms with Gasteiger partial charge in [0, 0.05) is 52.4 Å². The maximum atomic E-state index is 13.5. The van der Waals surface area contributed by atoms with E-state index in [1.165, 1.54) is 0 Å². The Morgan fingerprint density at radius 3 is 0.873 bits per heavy atom. The van der Waals surface area contributed by atoms with Crippen molar-refractivity contribution in [2.24, 2.45) is 0 Å². The number of carboxylic acid groups (broad SMARTS) is 1. The minimum Gasteiger partial charge on any atom is -0.480 e. The van der Waals surface area contributed by atoms with Gasteiger partial charge < -0.3 is 19.3 Å². The molecule has 1 saturated heterocycles. The lowest BCUT2D eigenvalue weighted by molar-refractivity contribution is -0.161. The molecule has 0 unspecified atom stereocenters. The first-order chi connectivity index (χ1) is 26.0. The lowest BCUT2D eigenvalue weighted by Gasteiger charge is -2.34. The van der Waals surface area contributed by atoms with Gasteiger partial charge in [-0.2, -0.15) is 0 Å². The Balaban J connectivity index is 1.52. The number of aliphatic carboxylic acids is 1. The van der Waals surface area contributed by atoms with Crippen LogP contribution in [0.4, 0.5) is 0 Å². The van der Waals surface area contributed by atoms with E-state index in [1.807, 2.05) is 152 Å². The van der Waals surface area contributed by atoms with Crippen LogP contribution in [0.5, 0.6) is 0 Å². The summed E-state index contributed by atoms with van der Waals surface area (Å²) in [6, 6.07) is 28.6. The summed E-state index contributed by atoms with van der Waals surface area (Å²) in [5.41, 5.74) is 0.0235. The van der Waals surface area contributed by atoms with Crippen molar-refractivity contribution in [2.45, 2.75) is 58.3 Å². The second-order valence-corrected chi connectivity index (χ2v) is 15.5. The molecule has 3 aromatic rings. The molecule has 1 aliphatic heterocycles. The zero-order valence-corrected chi connectivity index (χ0v) is 33.2. The molecule has 298 valence electrons. The quantitative estimate of drug-likeness (QED) is 0.180. The predicted octanol–water partition coefficient (Wildman–Crippen LogP) is 4.73. The number of rotatable bonds is 14. The fourth-order valence-corrected chi connectivity index (χ4v) is 6.60. The van der Waals surface area contributed by atoms with Gasteiger partial charge in [0.05, 0.1) is 26.2 Å². The lowest BCUT2D eigenvalue weighted by atomic mass is 9.98. The molecule has 0 radical (unpaired) electrons. The van der Waals surface area contributed by atoms with E-state index >= 15 is 0 Å². The fourth-order valence-electron chi connectivity index (χ4n) is 6.60. The van der Waals surface area contributed by atoms with Crippen molar-refractivity contribution >= 4 is 23.9 Å². The number of carboxylic acids is 1. The van der Waals surface area contributed by atoms with Crippen LogP contribution in [0.1, 0.15) is 58.2 Å². The summed E-state index contributed by atoms with van der Waals surface area (Å²) in [7, 11) is 0. The molecule has 0 atom stereocenters. The van der Waals surface area contributed by atoms with Crippen LogP contribution in [-0.2, 0) is 50.2 Å². The molecular weight excluding hydrogens is 700 g/mol. The average molecular weight is 759 g/mol. The van der Waals surface area contributed by atoms with E-state index in [9.17, 15) is 24.3 Å². The van der Waals surface area contributed by atoms with Gasteiger partial charge in [-0.25, -0.2) is 0 Å². The average Bonchev–Trinajstić information content (AvgIpc) is 3.13. The molecule has 1 heterocycles. The standard InChI is InChI=1S/C43H58N4O8/c1-41(2,34-16-10-7-11-17-34)53-38(50)31-45-24-22-44(30-37(48)49)23-25-46(32-39(51)54-42(3,4)35-18-12-8-13-19-35)27-29-47(28-26-45)33-40(52)55-43(5,6)36-20-14-9-15-21-36/h7-21H,22-33H2,1-6H3,(H,48,49). The molecular formula is C43H58N4O8. The molecule has 0 spiro atoms. The number of hydrogen-bond donors (Lipinski definition) is 1. The monoisotopic (exact) mass is 758 g/mol. The molecule has 0 aromatic heterocycles. The van der Waals surface area contributed by atoms with Gasteiger partial charge in [0.2, 0.25) is 0 Å². The number of benzene rings is 3. The van der Waals surface area contributed by atoms with Crippen LogP contribution in [0.2, 0.25) is 0 Å². The van der Waals surface area contributed by atoms with E-state index in [1.54, 1.807) is 0 Å². The van der Waals surface area contributed by atoms with Gasteiger partial charge in [-0.15, -0.1) is 0 Å². The third-order valence-electron chi connectivity index (χ3n) is 9.86. The molecule has 0 bridgehead atoms. The smallest absolute Gasteiger partial charge is 0.321 e. The lowest BCUT2D eigenvalue weighted by Crippen LogP contribution is -2.50. The predicted molar refractivity (Wildman–Crippen MR) is 210 cm³/mol. The number of hydrogen-bond acceptors (Lipinski definition) is 11. The molecule has 0 amide bonds. The van der Waals surface area contributed by atoms with E-state index in [4.69, 9.17) is 14.2 Å². The third-order valence-corrected chi connectivity index (χ3v) is 9.86. The molecule has 3 aromatic carbocycles. The highest BCUT2D eigenvalue weighted by atomic mass is 16.6. The zero-order chi connectivity index (χ0) is 40.1. The van der Waals surface area contributed by atoms with Crippen LogP contribution < -0.4 is 0 Å². The van der Waals surface area contributed by atoms with Crippen molar-refractivity contribution in [3.8, 4) is 0 Å². The summed E-state index contributed by atoms with van der Waals surface area (Å²) in [4.78, 5) is 59.9.